The van der Waals surface area contributed by atoms with Gasteiger partial charge < -0.3 is 4.52 Å². The van der Waals surface area contributed by atoms with Gasteiger partial charge in [-0.25, -0.2) is 4.68 Å². The Hall–Kier alpha value is -2.43. The lowest BCUT2D eigenvalue weighted by Gasteiger charge is -2.07. The lowest BCUT2D eigenvalue weighted by Crippen LogP contribution is -2.24. The number of aryl methyl sites for hydroxylation is 2. The Morgan fingerprint density at radius 3 is 2.71 bits per heavy atom. The average molecular weight is 283 g/mol. The molecule has 2 heterocycles. The maximum absolute atomic E-state index is 12.5. The lowest BCUT2D eigenvalue weighted by atomic mass is 10.1. The summed E-state index contributed by atoms with van der Waals surface area (Å²) in [7, 11) is 0. The second-order valence-electron chi connectivity index (χ2n) is 5.07. The molecule has 0 amide bonds. The van der Waals surface area contributed by atoms with Crippen molar-refractivity contribution in [1.82, 2.24) is 14.9 Å². The molecular weight excluding hydrogens is 266 g/mol. The molecule has 0 aliphatic carbocycles. The normalized spacial score (nSPS) is 11.1. The largest absolute Gasteiger partial charge is 0.353 e. The van der Waals surface area contributed by atoms with Gasteiger partial charge in [-0.2, -0.15) is 5.10 Å². The minimum Gasteiger partial charge on any atom is -0.353 e. The van der Waals surface area contributed by atoms with E-state index in [0.717, 1.165) is 18.4 Å². The maximum atomic E-state index is 12.5. The van der Waals surface area contributed by atoms with Gasteiger partial charge in [-0.15, -0.1) is 0 Å². The Balaban J connectivity index is 2.28. The van der Waals surface area contributed by atoms with Crippen LogP contribution >= 0.6 is 0 Å². The summed E-state index contributed by atoms with van der Waals surface area (Å²) in [6.45, 7) is 4.48. The number of nitrogens with zero attached hydrogens (tertiary/aromatic N) is 3. The van der Waals surface area contributed by atoms with Gasteiger partial charge in [0.05, 0.1) is 5.69 Å². The zero-order valence-corrected chi connectivity index (χ0v) is 12.2. The van der Waals surface area contributed by atoms with Crippen LogP contribution in [0.5, 0.6) is 0 Å². The van der Waals surface area contributed by atoms with E-state index < -0.39 is 0 Å². The smallest absolute Gasteiger partial charge is 0.279 e. The second-order valence-corrected chi connectivity index (χ2v) is 5.07. The molecule has 0 N–H and O–H groups in total. The summed E-state index contributed by atoms with van der Waals surface area (Å²) < 4.78 is 6.87. The molecule has 3 aromatic rings. The molecule has 0 aliphatic heterocycles. The van der Waals surface area contributed by atoms with Crippen LogP contribution in [0.4, 0.5) is 0 Å². The minimum atomic E-state index is -0.128. The SMILES string of the molecule is CCCCn1nc(-c2ccccc2)c2onc(C)c2c1=O. The van der Waals surface area contributed by atoms with Crippen LogP contribution in [0, 0.1) is 6.92 Å². The second kappa shape index (κ2) is 5.52. The highest BCUT2D eigenvalue weighted by Crippen LogP contribution is 2.25. The predicted octanol–water partition coefficient (Wildman–Crippen LogP) is 3.16. The number of hydrogen-bond donors (Lipinski definition) is 0. The molecule has 0 radical (unpaired) electrons. The van der Waals surface area contributed by atoms with Gasteiger partial charge in [0.1, 0.15) is 11.1 Å². The van der Waals surface area contributed by atoms with E-state index in [1.807, 2.05) is 30.3 Å². The molecule has 0 saturated heterocycles. The molecule has 5 nitrogen and oxygen atoms in total. The Kier molecular flexibility index (Phi) is 3.56. The van der Waals surface area contributed by atoms with Gasteiger partial charge in [0.2, 0.25) is 5.58 Å². The van der Waals surface area contributed by atoms with Crippen molar-refractivity contribution < 1.29 is 4.52 Å². The van der Waals surface area contributed by atoms with Crippen LogP contribution in [0.2, 0.25) is 0 Å². The van der Waals surface area contributed by atoms with Crippen molar-refractivity contribution in [2.45, 2.75) is 33.2 Å². The van der Waals surface area contributed by atoms with E-state index in [9.17, 15) is 4.79 Å². The molecule has 1 aromatic carbocycles. The molecule has 0 bridgehead atoms. The van der Waals surface area contributed by atoms with E-state index in [2.05, 4.69) is 17.2 Å². The average Bonchev–Trinajstić information content (AvgIpc) is 2.90. The first-order valence-electron chi connectivity index (χ1n) is 7.15. The van der Waals surface area contributed by atoms with Crippen molar-refractivity contribution in [2.75, 3.05) is 0 Å². The first-order chi connectivity index (χ1) is 10.2. The third-order valence-corrected chi connectivity index (χ3v) is 3.52. The fourth-order valence-corrected chi connectivity index (χ4v) is 2.37. The van der Waals surface area contributed by atoms with Crippen LogP contribution in [0.25, 0.3) is 22.2 Å². The van der Waals surface area contributed by atoms with E-state index >= 15 is 0 Å². The molecule has 108 valence electrons. The molecule has 0 spiro atoms. The number of aromatic nitrogens is 3. The summed E-state index contributed by atoms with van der Waals surface area (Å²) in [5.74, 6) is 0. The molecule has 0 atom stereocenters. The van der Waals surface area contributed by atoms with Crippen molar-refractivity contribution in [2.24, 2.45) is 0 Å². The predicted molar refractivity (Wildman–Crippen MR) is 81.1 cm³/mol. The Labute approximate surface area is 122 Å². The van der Waals surface area contributed by atoms with Gasteiger partial charge in [0, 0.05) is 12.1 Å². The molecule has 2 aromatic heterocycles. The Morgan fingerprint density at radius 1 is 1.24 bits per heavy atom. The standard InChI is InChI=1S/C16H17N3O2/c1-3-4-10-19-16(20)13-11(2)18-21-15(13)14(17-19)12-8-6-5-7-9-12/h5-9H,3-4,10H2,1-2H3. The Bertz CT molecular complexity index is 819. The topological polar surface area (TPSA) is 60.9 Å². The van der Waals surface area contributed by atoms with E-state index in [1.54, 1.807) is 6.92 Å². The maximum Gasteiger partial charge on any atom is 0.279 e. The molecule has 0 saturated carbocycles. The van der Waals surface area contributed by atoms with Gasteiger partial charge in [-0.3, -0.25) is 4.79 Å². The third kappa shape index (κ3) is 2.35. The van der Waals surface area contributed by atoms with Crippen molar-refractivity contribution in [3.63, 3.8) is 0 Å². The first kappa shape index (κ1) is 13.5. The minimum absolute atomic E-state index is 0.128. The third-order valence-electron chi connectivity index (χ3n) is 3.52. The molecule has 21 heavy (non-hydrogen) atoms. The zero-order valence-electron chi connectivity index (χ0n) is 12.2. The van der Waals surface area contributed by atoms with Crippen LogP contribution in [0.15, 0.2) is 39.6 Å². The number of hydrogen-bond acceptors (Lipinski definition) is 4. The summed E-state index contributed by atoms with van der Waals surface area (Å²) in [4.78, 5) is 12.5. The molecule has 3 rings (SSSR count). The molecule has 0 fully saturated rings. The summed E-state index contributed by atoms with van der Waals surface area (Å²) >= 11 is 0. The van der Waals surface area contributed by atoms with Crippen LogP contribution in [0.3, 0.4) is 0 Å². The monoisotopic (exact) mass is 283 g/mol. The molecule has 0 aliphatic rings. The van der Waals surface area contributed by atoms with E-state index in [-0.39, 0.29) is 5.56 Å². The van der Waals surface area contributed by atoms with Gasteiger partial charge in [-0.1, -0.05) is 48.8 Å². The summed E-state index contributed by atoms with van der Waals surface area (Å²) in [5, 5.41) is 8.96. The van der Waals surface area contributed by atoms with Crippen LogP contribution in [0.1, 0.15) is 25.5 Å². The van der Waals surface area contributed by atoms with Gasteiger partial charge in [0.15, 0.2) is 0 Å². The van der Waals surface area contributed by atoms with E-state index in [0.29, 0.717) is 28.9 Å². The number of rotatable bonds is 4. The number of benzene rings is 1. The quantitative estimate of drug-likeness (QED) is 0.738. The molecule has 5 heteroatoms. The van der Waals surface area contributed by atoms with Crippen molar-refractivity contribution >= 4 is 11.0 Å². The highest BCUT2D eigenvalue weighted by molar-refractivity contribution is 5.90. The zero-order chi connectivity index (χ0) is 14.8. The fourth-order valence-electron chi connectivity index (χ4n) is 2.37. The molecular formula is C16H17N3O2. The van der Waals surface area contributed by atoms with Crippen LogP contribution in [-0.4, -0.2) is 14.9 Å². The lowest BCUT2D eigenvalue weighted by molar-refractivity contribution is 0.448. The van der Waals surface area contributed by atoms with Crippen LogP contribution < -0.4 is 5.56 Å². The summed E-state index contributed by atoms with van der Waals surface area (Å²) in [6.07, 6.45) is 1.92. The first-order valence-corrected chi connectivity index (χ1v) is 7.15. The van der Waals surface area contributed by atoms with Gasteiger partial charge >= 0.3 is 0 Å². The van der Waals surface area contributed by atoms with Crippen molar-refractivity contribution in [3.05, 3.63) is 46.4 Å². The fraction of sp³-hybridized carbons (Fsp3) is 0.312. The van der Waals surface area contributed by atoms with Crippen molar-refractivity contribution in [3.8, 4) is 11.3 Å². The number of unbranched alkanes of at least 4 members (excludes halogenated alkanes) is 1. The van der Waals surface area contributed by atoms with Gasteiger partial charge in [0.25, 0.3) is 5.56 Å². The van der Waals surface area contributed by atoms with Gasteiger partial charge in [-0.05, 0) is 13.3 Å². The summed E-state index contributed by atoms with van der Waals surface area (Å²) in [5.41, 5.74) is 2.54. The van der Waals surface area contributed by atoms with E-state index in [4.69, 9.17) is 4.52 Å². The number of fused-ring (bicyclic) bond motifs is 1. The van der Waals surface area contributed by atoms with E-state index in [1.165, 1.54) is 4.68 Å². The summed E-state index contributed by atoms with van der Waals surface area (Å²) in [6, 6.07) is 9.73. The highest BCUT2D eigenvalue weighted by Gasteiger charge is 2.18. The van der Waals surface area contributed by atoms with Crippen molar-refractivity contribution in [1.29, 1.82) is 0 Å². The van der Waals surface area contributed by atoms with Crippen LogP contribution in [-0.2, 0) is 6.54 Å². The highest BCUT2D eigenvalue weighted by atomic mass is 16.5. The Morgan fingerprint density at radius 2 is 2.00 bits per heavy atom. The molecule has 0 unspecified atom stereocenters.